The lowest BCUT2D eigenvalue weighted by Gasteiger charge is -2.26. The van der Waals surface area contributed by atoms with Gasteiger partial charge in [0.25, 0.3) is 5.88 Å². The summed E-state index contributed by atoms with van der Waals surface area (Å²) in [4.78, 5) is 13.7. The minimum atomic E-state index is 0.240. The number of ether oxygens (including phenoxy) is 1. The Morgan fingerprint density at radius 2 is 2.10 bits per heavy atom. The Bertz CT molecular complexity index is 1250. The summed E-state index contributed by atoms with van der Waals surface area (Å²) in [5.74, 6) is 1.20. The highest BCUT2D eigenvalue weighted by Gasteiger charge is 2.21. The molecule has 4 aromatic rings. The number of rotatable bonds is 6. The van der Waals surface area contributed by atoms with Gasteiger partial charge in [-0.15, -0.1) is 0 Å². The van der Waals surface area contributed by atoms with Crippen molar-refractivity contribution < 1.29 is 4.74 Å². The van der Waals surface area contributed by atoms with E-state index in [1.807, 2.05) is 43.6 Å². The van der Waals surface area contributed by atoms with Crippen LogP contribution >= 0.6 is 11.6 Å². The first-order chi connectivity index (χ1) is 15.1. The van der Waals surface area contributed by atoms with Crippen molar-refractivity contribution in [3.8, 4) is 28.5 Å². The molecule has 9 heteroatoms. The van der Waals surface area contributed by atoms with E-state index >= 15 is 0 Å². The van der Waals surface area contributed by atoms with Gasteiger partial charge in [0.05, 0.1) is 17.1 Å². The van der Waals surface area contributed by atoms with E-state index in [0.717, 1.165) is 36.0 Å². The Balaban J connectivity index is 1.59. The number of nitrogens with one attached hydrogen (secondary N) is 1. The van der Waals surface area contributed by atoms with Crippen LogP contribution in [0.5, 0.6) is 5.88 Å². The molecule has 1 aromatic carbocycles. The first-order valence-corrected chi connectivity index (χ1v) is 10.5. The van der Waals surface area contributed by atoms with Crippen molar-refractivity contribution in [3.05, 3.63) is 47.7 Å². The maximum atomic E-state index is 6.53. The van der Waals surface area contributed by atoms with Crippen LogP contribution in [-0.4, -0.2) is 44.4 Å². The standard InChI is InChI=1S/C22H22ClN7O/c1-30-7-4-17(29-30)20-19(15-9-14-3-2-6-26-18(14)16(23)10-15)28-22(21(24)27-20)31-8-5-13-11-25-12-13/h2-4,6-7,9-10,13,25H,5,8,11-12H2,1H3,(H2,24,27). The first kappa shape index (κ1) is 19.7. The number of anilines is 1. The van der Waals surface area contributed by atoms with Gasteiger partial charge in [0, 0.05) is 30.4 Å². The molecule has 1 fully saturated rings. The van der Waals surface area contributed by atoms with Gasteiger partial charge >= 0.3 is 0 Å². The fourth-order valence-corrected chi connectivity index (χ4v) is 3.90. The molecule has 31 heavy (non-hydrogen) atoms. The number of nitrogens with zero attached hydrogens (tertiary/aromatic N) is 5. The van der Waals surface area contributed by atoms with Crippen molar-refractivity contribution >= 4 is 28.3 Å². The lowest BCUT2D eigenvalue weighted by molar-refractivity contribution is 0.233. The number of hydrogen-bond donors (Lipinski definition) is 2. The summed E-state index contributed by atoms with van der Waals surface area (Å²) in [5, 5.41) is 9.21. The summed E-state index contributed by atoms with van der Waals surface area (Å²) in [6.45, 7) is 2.59. The number of nitrogens with two attached hydrogens (primary N) is 1. The molecule has 1 saturated heterocycles. The zero-order chi connectivity index (χ0) is 21.4. The summed E-state index contributed by atoms with van der Waals surface area (Å²) >= 11 is 6.53. The average molecular weight is 436 g/mol. The van der Waals surface area contributed by atoms with Crippen molar-refractivity contribution in [2.45, 2.75) is 6.42 Å². The third-order valence-corrected chi connectivity index (χ3v) is 5.70. The van der Waals surface area contributed by atoms with Crippen LogP contribution in [0.2, 0.25) is 5.02 Å². The van der Waals surface area contributed by atoms with Gasteiger partial charge < -0.3 is 15.8 Å². The van der Waals surface area contributed by atoms with E-state index in [1.165, 1.54) is 0 Å². The van der Waals surface area contributed by atoms with E-state index in [0.29, 0.717) is 40.5 Å². The van der Waals surface area contributed by atoms with Gasteiger partial charge in [-0.2, -0.15) is 5.10 Å². The largest absolute Gasteiger partial charge is 0.475 e. The van der Waals surface area contributed by atoms with Crippen LogP contribution in [0.25, 0.3) is 33.5 Å². The molecule has 0 radical (unpaired) electrons. The molecule has 0 amide bonds. The molecule has 0 aliphatic carbocycles. The van der Waals surface area contributed by atoms with E-state index in [-0.39, 0.29) is 5.82 Å². The molecule has 1 aliphatic rings. The summed E-state index contributed by atoms with van der Waals surface area (Å²) < 4.78 is 7.64. The molecule has 3 N–H and O–H groups in total. The van der Waals surface area contributed by atoms with Crippen molar-refractivity contribution in [3.63, 3.8) is 0 Å². The molecule has 0 bridgehead atoms. The molecule has 3 aromatic heterocycles. The normalized spacial score (nSPS) is 14.0. The summed E-state index contributed by atoms with van der Waals surface area (Å²) in [7, 11) is 1.85. The molecule has 0 unspecified atom stereocenters. The lowest BCUT2D eigenvalue weighted by atomic mass is 10.0. The average Bonchev–Trinajstić information content (AvgIpc) is 3.16. The molecule has 158 valence electrons. The minimum Gasteiger partial charge on any atom is -0.475 e. The van der Waals surface area contributed by atoms with Gasteiger partial charge in [-0.05, 0) is 49.7 Å². The van der Waals surface area contributed by atoms with E-state index in [9.17, 15) is 0 Å². The number of aromatic nitrogens is 5. The van der Waals surface area contributed by atoms with E-state index in [4.69, 9.17) is 27.1 Å². The predicted octanol–water partition coefficient (Wildman–Crippen LogP) is 3.32. The van der Waals surface area contributed by atoms with Gasteiger partial charge in [0.15, 0.2) is 5.82 Å². The number of fused-ring (bicyclic) bond motifs is 1. The Hall–Kier alpha value is -3.23. The minimum absolute atomic E-state index is 0.240. The molecule has 0 spiro atoms. The van der Waals surface area contributed by atoms with Crippen LogP contribution in [0.3, 0.4) is 0 Å². The van der Waals surface area contributed by atoms with Gasteiger partial charge in [-0.1, -0.05) is 17.7 Å². The Morgan fingerprint density at radius 3 is 2.84 bits per heavy atom. The predicted molar refractivity (Wildman–Crippen MR) is 121 cm³/mol. The summed E-state index contributed by atoms with van der Waals surface area (Å²) in [5.41, 5.74) is 9.61. The molecule has 8 nitrogen and oxygen atoms in total. The van der Waals surface area contributed by atoms with Crippen molar-refractivity contribution in [2.75, 3.05) is 25.4 Å². The van der Waals surface area contributed by atoms with Crippen molar-refractivity contribution in [1.29, 1.82) is 0 Å². The van der Waals surface area contributed by atoms with Crippen molar-refractivity contribution in [2.24, 2.45) is 13.0 Å². The summed E-state index contributed by atoms with van der Waals surface area (Å²) in [6.07, 6.45) is 4.52. The fraction of sp³-hybridized carbons (Fsp3) is 0.273. The Labute approximate surface area is 184 Å². The van der Waals surface area contributed by atoms with Crippen molar-refractivity contribution in [1.82, 2.24) is 30.0 Å². The molecule has 1 aliphatic heterocycles. The molecule has 0 saturated carbocycles. The van der Waals surface area contributed by atoms with E-state index < -0.39 is 0 Å². The second-order valence-electron chi connectivity index (χ2n) is 7.68. The number of benzene rings is 1. The number of nitrogen functional groups attached to an aromatic ring is 1. The van der Waals surface area contributed by atoms with E-state index in [1.54, 1.807) is 10.9 Å². The fourth-order valence-electron chi connectivity index (χ4n) is 3.62. The lowest BCUT2D eigenvalue weighted by Crippen LogP contribution is -2.42. The van der Waals surface area contributed by atoms with Crippen LogP contribution in [0.1, 0.15) is 6.42 Å². The van der Waals surface area contributed by atoms with Gasteiger partial charge in [0.2, 0.25) is 0 Å². The first-order valence-electron chi connectivity index (χ1n) is 10.1. The number of aryl methyl sites for hydroxylation is 1. The molecule has 4 heterocycles. The molecular formula is C22H22ClN7O. The van der Waals surface area contributed by atoms with E-state index in [2.05, 4.69) is 20.4 Å². The molecule has 0 atom stereocenters. The van der Waals surface area contributed by atoms with Crippen LogP contribution in [0.4, 0.5) is 5.82 Å². The SMILES string of the molecule is Cn1ccc(-c2nc(N)c(OCCC3CNC3)nc2-c2cc(Cl)c3ncccc3c2)n1. The number of pyridine rings is 1. The zero-order valence-electron chi connectivity index (χ0n) is 17.0. The highest BCUT2D eigenvalue weighted by Crippen LogP contribution is 2.36. The second kappa shape index (κ2) is 8.13. The molecular weight excluding hydrogens is 414 g/mol. The van der Waals surface area contributed by atoms with Gasteiger partial charge in [-0.25, -0.2) is 9.97 Å². The highest BCUT2D eigenvalue weighted by atomic mass is 35.5. The third-order valence-electron chi connectivity index (χ3n) is 5.41. The number of halogens is 1. The van der Waals surface area contributed by atoms with Gasteiger partial charge in [-0.3, -0.25) is 9.67 Å². The molecule has 5 rings (SSSR count). The third kappa shape index (κ3) is 3.92. The topological polar surface area (TPSA) is 104 Å². The van der Waals surface area contributed by atoms with Crippen LogP contribution < -0.4 is 15.8 Å². The summed E-state index contributed by atoms with van der Waals surface area (Å²) in [6, 6.07) is 9.55. The Morgan fingerprint density at radius 1 is 1.23 bits per heavy atom. The highest BCUT2D eigenvalue weighted by molar-refractivity contribution is 6.35. The maximum Gasteiger partial charge on any atom is 0.257 e. The smallest absolute Gasteiger partial charge is 0.257 e. The second-order valence-corrected chi connectivity index (χ2v) is 8.09. The van der Waals surface area contributed by atoms with Crippen LogP contribution in [0.15, 0.2) is 42.7 Å². The van der Waals surface area contributed by atoms with Crippen LogP contribution in [-0.2, 0) is 7.05 Å². The monoisotopic (exact) mass is 435 g/mol. The zero-order valence-corrected chi connectivity index (χ0v) is 17.8. The number of hydrogen-bond acceptors (Lipinski definition) is 7. The van der Waals surface area contributed by atoms with Crippen LogP contribution in [0, 0.1) is 5.92 Å². The quantitative estimate of drug-likeness (QED) is 0.478. The Kier molecular flexibility index (Phi) is 5.17. The van der Waals surface area contributed by atoms with Gasteiger partial charge in [0.1, 0.15) is 17.1 Å². The maximum absolute atomic E-state index is 6.53.